The molecular formula is C23H22N6O3S2. The van der Waals surface area contributed by atoms with Crippen LogP contribution in [0.15, 0.2) is 93.1 Å². The lowest BCUT2D eigenvalue weighted by atomic mass is 10.3. The van der Waals surface area contributed by atoms with Gasteiger partial charge in [-0.15, -0.1) is 0 Å². The minimum Gasteiger partial charge on any atom is -0.325 e. The number of carbonyl (C=O) groups excluding carboxylic acids is 1. The highest BCUT2D eigenvalue weighted by Gasteiger charge is 2.15. The van der Waals surface area contributed by atoms with Crippen molar-refractivity contribution in [3.63, 3.8) is 0 Å². The molecular weight excluding hydrogens is 472 g/mol. The van der Waals surface area contributed by atoms with Crippen LogP contribution in [0.5, 0.6) is 0 Å². The van der Waals surface area contributed by atoms with Crippen LogP contribution in [0.3, 0.4) is 0 Å². The monoisotopic (exact) mass is 494 g/mol. The van der Waals surface area contributed by atoms with E-state index in [1.54, 1.807) is 30.3 Å². The number of azo groups is 1. The van der Waals surface area contributed by atoms with E-state index in [1.165, 1.54) is 23.9 Å². The van der Waals surface area contributed by atoms with Crippen LogP contribution in [-0.4, -0.2) is 29.6 Å². The summed E-state index contributed by atoms with van der Waals surface area (Å²) >= 11 is 1.27. The second kappa shape index (κ2) is 10.2. The number of primary sulfonamides is 1. The van der Waals surface area contributed by atoms with E-state index in [0.717, 1.165) is 11.2 Å². The number of benzene rings is 3. The van der Waals surface area contributed by atoms with E-state index in [4.69, 9.17) is 5.14 Å². The fourth-order valence-electron chi connectivity index (χ4n) is 3.23. The number of nitrogens with one attached hydrogen (secondary N) is 1. The van der Waals surface area contributed by atoms with Gasteiger partial charge in [0.05, 0.1) is 33.1 Å². The van der Waals surface area contributed by atoms with Gasteiger partial charge < -0.3 is 9.88 Å². The fourth-order valence-corrected chi connectivity index (χ4v) is 4.64. The van der Waals surface area contributed by atoms with E-state index >= 15 is 0 Å². The maximum Gasteiger partial charge on any atom is 0.238 e. The first-order chi connectivity index (χ1) is 16.3. The smallest absolute Gasteiger partial charge is 0.238 e. The van der Waals surface area contributed by atoms with Gasteiger partial charge in [0.25, 0.3) is 0 Å². The zero-order chi connectivity index (χ0) is 24.1. The lowest BCUT2D eigenvalue weighted by Crippen LogP contribution is -2.14. The Hall–Kier alpha value is -3.54. The summed E-state index contributed by atoms with van der Waals surface area (Å²) in [6, 6.07) is 21.1. The molecule has 4 rings (SSSR count). The van der Waals surface area contributed by atoms with Crippen molar-refractivity contribution in [2.75, 3.05) is 11.1 Å². The van der Waals surface area contributed by atoms with Crippen LogP contribution in [-0.2, 0) is 21.4 Å². The van der Waals surface area contributed by atoms with Crippen LogP contribution in [0.4, 0.5) is 17.1 Å². The third-order valence-corrected chi connectivity index (χ3v) is 6.74. The number of aryl methyl sites for hydroxylation is 1. The molecule has 1 aromatic heterocycles. The third kappa shape index (κ3) is 5.68. The molecule has 0 bridgehead atoms. The van der Waals surface area contributed by atoms with Crippen molar-refractivity contribution in [3.05, 3.63) is 72.8 Å². The van der Waals surface area contributed by atoms with Gasteiger partial charge in [-0.1, -0.05) is 30.0 Å². The minimum atomic E-state index is -3.82. The van der Waals surface area contributed by atoms with Gasteiger partial charge in [0.15, 0.2) is 5.16 Å². The zero-order valence-corrected chi connectivity index (χ0v) is 19.9. The summed E-state index contributed by atoms with van der Waals surface area (Å²) in [6.45, 7) is 2.57. The molecule has 9 nitrogen and oxygen atoms in total. The molecule has 0 atom stereocenters. The average Bonchev–Trinajstić information content (AvgIpc) is 3.19. The fraction of sp³-hybridized carbons (Fsp3) is 0.130. The third-order valence-electron chi connectivity index (χ3n) is 4.85. The van der Waals surface area contributed by atoms with Crippen molar-refractivity contribution >= 4 is 55.8 Å². The van der Waals surface area contributed by atoms with Crippen molar-refractivity contribution in [3.8, 4) is 0 Å². The normalized spacial score (nSPS) is 11.8. The first kappa shape index (κ1) is 23.6. The van der Waals surface area contributed by atoms with Gasteiger partial charge in [-0.2, -0.15) is 10.2 Å². The molecule has 0 unspecified atom stereocenters. The van der Waals surface area contributed by atoms with E-state index in [2.05, 4.69) is 20.5 Å². The molecule has 3 aromatic carbocycles. The molecule has 0 aliphatic rings. The average molecular weight is 495 g/mol. The van der Waals surface area contributed by atoms with E-state index in [9.17, 15) is 13.2 Å². The molecule has 11 heteroatoms. The van der Waals surface area contributed by atoms with E-state index < -0.39 is 10.0 Å². The Morgan fingerprint density at radius 1 is 1.03 bits per heavy atom. The van der Waals surface area contributed by atoms with E-state index in [0.29, 0.717) is 28.6 Å². The highest BCUT2D eigenvalue weighted by molar-refractivity contribution is 7.99. The standard InChI is InChI=1S/C23H22N6O3S2/c1-2-29-21-13-12-19(34(24,31)32)14-20(21)26-23(29)33-15-22(30)25-16-8-10-18(11-9-16)28-27-17-6-4-3-5-7-17/h3-14H,2,15H2,1H3,(H,25,30)(H2,24,31,32). The number of nitrogens with zero attached hydrogens (tertiary/aromatic N) is 4. The van der Waals surface area contributed by atoms with Crippen molar-refractivity contribution in [1.82, 2.24) is 9.55 Å². The first-order valence-electron chi connectivity index (χ1n) is 10.4. The molecule has 1 heterocycles. The summed E-state index contributed by atoms with van der Waals surface area (Å²) in [5, 5.41) is 17.0. The number of thioether (sulfide) groups is 1. The molecule has 34 heavy (non-hydrogen) atoms. The van der Waals surface area contributed by atoms with Crippen LogP contribution >= 0.6 is 11.8 Å². The highest BCUT2D eigenvalue weighted by Crippen LogP contribution is 2.26. The van der Waals surface area contributed by atoms with Crippen LogP contribution < -0.4 is 10.5 Å². The molecule has 0 fully saturated rings. The molecule has 4 aromatic rings. The Balaban J connectivity index is 1.39. The number of hydrogen-bond donors (Lipinski definition) is 2. The Bertz CT molecular complexity index is 1450. The number of amides is 1. The molecule has 0 saturated carbocycles. The van der Waals surface area contributed by atoms with Crippen LogP contribution in [0.1, 0.15) is 6.92 Å². The molecule has 3 N–H and O–H groups in total. The van der Waals surface area contributed by atoms with Gasteiger partial charge in [-0.05, 0) is 61.5 Å². The summed E-state index contributed by atoms with van der Waals surface area (Å²) in [5.41, 5.74) is 3.36. The van der Waals surface area contributed by atoms with Gasteiger partial charge >= 0.3 is 0 Å². The predicted octanol–water partition coefficient (Wildman–Crippen LogP) is 4.85. The SMILES string of the molecule is CCn1c(SCC(=O)Nc2ccc(N=Nc3ccccc3)cc2)nc2cc(S(N)(=O)=O)ccc21. The topological polar surface area (TPSA) is 132 Å². The molecule has 1 amide bonds. The zero-order valence-electron chi connectivity index (χ0n) is 18.2. The number of fused-ring (bicyclic) bond motifs is 1. The molecule has 0 aliphatic heterocycles. The molecule has 0 radical (unpaired) electrons. The van der Waals surface area contributed by atoms with Gasteiger partial charge in [-0.3, -0.25) is 4.79 Å². The van der Waals surface area contributed by atoms with E-state index in [-0.39, 0.29) is 16.6 Å². The second-order valence-electron chi connectivity index (χ2n) is 7.25. The number of hydrogen-bond acceptors (Lipinski definition) is 7. The lowest BCUT2D eigenvalue weighted by molar-refractivity contribution is -0.113. The first-order valence-corrected chi connectivity index (χ1v) is 12.9. The summed E-state index contributed by atoms with van der Waals surface area (Å²) in [4.78, 5) is 17.0. The van der Waals surface area contributed by atoms with Gasteiger partial charge in [0, 0.05) is 12.2 Å². The van der Waals surface area contributed by atoms with Crippen molar-refractivity contribution in [2.24, 2.45) is 15.4 Å². The number of imidazole rings is 1. The molecule has 174 valence electrons. The maximum atomic E-state index is 12.5. The number of aromatic nitrogens is 2. The molecule has 0 spiro atoms. The Morgan fingerprint density at radius 3 is 2.35 bits per heavy atom. The van der Waals surface area contributed by atoms with Crippen molar-refractivity contribution in [1.29, 1.82) is 0 Å². The number of anilines is 1. The molecule has 0 aliphatic carbocycles. The summed E-state index contributed by atoms with van der Waals surface area (Å²) in [6.07, 6.45) is 0. The quantitative estimate of drug-likeness (QED) is 0.267. The number of rotatable bonds is 8. The summed E-state index contributed by atoms with van der Waals surface area (Å²) < 4.78 is 25.2. The largest absolute Gasteiger partial charge is 0.325 e. The number of sulfonamides is 1. The van der Waals surface area contributed by atoms with E-state index in [1.807, 2.05) is 41.8 Å². The van der Waals surface area contributed by atoms with Gasteiger partial charge in [0.2, 0.25) is 15.9 Å². The number of nitrogens with two attached hydrogens (primary N) is 1. The Morgan fingerprint density at radius 2 is 1.71 bits per heavy atom. The number of carbonyl (C=O) groups is 1. The lowest BCUT2D eigenvalue weighted by Gasteiger charge is -2.07. The van der Waals surface area contributed by atoms with Crippen molar-refractivity contribution < 1.29 is 13.2 Å². The predicted molar refractivity (Wildman–Crippen MR) is 133 cm³/mol. The Labute approximate surface area is 201 Å². The van der Waals surface area contributed by atoms with Gasteiger partial charge in [-0.25, -0.2) is 18.5 Å². The molecule has 0 saturated heterocycles. The van der Waals surface area contributed by atoms with Crippen LogP contribution in [0, 0.1) is 0 Å². The second-order valence-corrected chi connectivity index (χ2v) is 9.76. The minimum absolute atomic E-state index is 0.00166. The Kier molecular flexibility index (Phi) is 7.06. The van der Waals surface area contributed by atoms with Gasteiger partial charge in [0.1, 0.15) is 0 Å². The summed E-state index contributed by atoms with van der Waals surface area (Å²) in [7, 11) is -3.82. The van der Waals surface area contributed by atoms with Crippen molar-refractivity contribution in [2.45, 2.75) is 23.5 Å². The van der Waals surface area contributed by atoms with Crippen LogP contribution in [0.25, 0.3) is 11.0 Å². The maximum absolute atomic E-state index is 12.5. The highest BCUT2D eigenvalue weighted by atomic mass is 32.2. The van der Waals surface area contributed by atoms with Crippen LogP contribution in [0.2, 0.25) is 0 Å². The summed E-state index contributed by atoms with van der Waals surface area (Å²) in [5.74, 6) is -0.0514.